The van der Waals surface area contributed by atoms with Crippen LogP contribution in [0.15, 0.2) is 12.3 Å². The molecule has 0 aromatic carbocycles. The van der Waals surface area contributed by atoms with E-state index in [1.165, 1.54) is 31.4 Å². The molecule has 0 amide bonds. The first-order valence-corrected chi connectivity index (χ1v) is 7.27. The molecule has 3 atom stereocenters. The molecule has 102 valence electrons. The van der Waals surface area contributed by atoms with E-state index < -0.39 is 0 Å². The molecule has 0 radical (unpaired) electrons. The van der Waals surface area contributed by atoms with Gasteiger partial charge < -0.3 is 0 Å². The van der Waals surface area contributed by atoms with Gasteiger partial charge in [-0.2, -0.15) is 5.10 Å². The molecule has 0 bridgehead atoms. The lowest BCUT2D eigenvalue weighted by molar-refractivity contribution is 0.337. The van der Waals surface area contributed by atoms with Crippen molar-refractivity contribution in [3.63, 3.8) is 0 Å². The molecule has 2 rings (SSSR count). The Morgan fingerprint density at radius 3 is 2.94 bits per heavy atom. The van der Waals surface area contributed by atoms with E-state index in [2.05, 4.69) is 35.1 Å². The van der Waals surface area contributed by atoms with E-state index in [4.69, 9.17) is 5.84 Å². The Morgan fingerprint density at radius 1 is 1.50 bits per heavy atom. The molecule has 3 unspecified atom stereocenters. The highest BCUT2D eigenvalue weighted by Crippen LogP contribution is 2.39. The minimum absolute atomic E-state index is 0.260. The molecule has 1 aromatic rings. The average Bonchev–Trinajstić information content (AvgIpc) is 3.01. The molecular formula is C14H26N4. The third kappa shape index (κ3) is 2.75. The molecular weight excluding hydrogens is 224 g/mol. The first-order chi connectivity index (χ1) is 8.80. The van der Waals surface area contributed by atoms with Gasteiger partial charge in [-0.1, -0.05) is 26.7 Å². The number of aryl methyl sites for hydroxylation is 1. The van der Waals surface area contributed by atoms with Crippen LogP contribution in [0.25, 0.3) is 0 Å². The van der Waals surface area contributed by atoms with Crippen LogP contribution >= 0.6 is 0 Å². The van der Waals surface area contributed by atoms with Crippen molar-refractivity contribution in [1.82, 2.24) is 15.2 Å². The normalized spacial score (nSPS) is 25.5. The Balaban J connectivity index is 2.10. The minimum Gasteiger partial charge on any atom is -0.271 e. The Labute approximate surface area is 110 Å². The van der Waals surface area contributed by atoms with E-state index in [9.17, 15) is 0 Å². The van der Waals surface area contributed by atoms with Crippen LogP contribution in [0.2, 0.25) is 0 Å². The van der Waals surface area contributed by atoms with E-state index in [0.717, 1.165) is 18.9 Å². The van der Waals surface area contributed by atoms with Crippen LogP contribution in [0.3, 0.4) is 0 Å². The molecule has 3 N–H and O–H groups in total. The quantitative estimate of drug-likeness (QED) is 0.603. The summed E-state index contributed by atoms with van der Waals surface area (Å²) in [5.41, 5.74) is 4.28. The maximum atomic E-state index is 5.80. The number of nitrogens with zero attached hydrogens (tertiary/aromatic N) is 2. The zero-order valence-electron chi connectivity index (χ0n) is 11.6. The second-order valence-corrected chi connectivity index (χ2v) is 5.47. The highest BCUT2D eigenvalue weighted by molar-refractivity contribution is 5.09. The summed E-state index contributed by atoms with van der Waals surface area (Å²) < 4.78 is 2.10. The lowest BCUT2D eigenvalue weighted by atomic mass is 9.94. The van der Waals surface area contributed by atoms with Crippen molar-refractivity contribution < 1.29 is 0 Å². The maximum Gasteiger partial charge on any atom is 0.0657 e. The van der Waals surface area contributed by atoms with Crippen LogP contribution in [0.5, 0.6) is 0 Å². The van der Waals surface area contributed by atoms with Gasteiger partial charge in [-0.15, -0.1) is 0 Å². The van der Waals surface area contributed by atoms with Gasteiger partial charge in [0.2, 0.25) is 0 Å². The zero-order valence-corrected chi connectivity index (χ0v) is 11.6. The van der Waals surface area contributed by atoms with Crippen LogP contribution < -0.4 is 11.3 Å². The molecule has 0 aliphatic heterocycles. The summed E-state index contributed by atoms with van der Waals surface area (Å²) in [6.07, 6.45) is 8.21. The minimum atomic E-state index is 0.260. The van der Waals surface area contributed by atoms with Crippen molar-refractivity contribution >= 4 is 0 Å². The van der Waals surface area contributed by atoms with Gasteiger partial charge in [0, 0.05) is 12.7 Å². The van der Waals surface area contributed by atoms with Crippen LogP contribution in [0, 0.1) is 11.8 Å². The molecule has 18 heavy (non-hydrogen) atoms. The lowest BCUT2D eigenvalue weighted by Gasteiger charge is -2.24. The third-order valence-electron chi connectivity index (χ3n) is 4.31. The van der Waals surface area contributed by atoms with E-state index in [1.54, 1.807) is 0 Å². The monoisotopic (exact) mass is 250 g/mol. The van der Waals surface area contributed by atoms with Crippen LogP contribution in [-0.2, 0) is 6.54 Å². The number of hydrazine groups is 1. The standard InChI is InChI=1S/C14H26N4/c1-3-9-18-13(7-8-16-18)14(17-15)12-6-5-11(4-2)10-12/h7-8,11-12,14,17H,3-6,9-10,15H2,1-2H3. The molecule has 1 aliphatic rings. The van der Waals surface area contributed by atoms with E-state index in [-0.39, 0.29) is 6.04 Å². The van der Waals surface area contributed by atoms with Gasteiger partial charge >= 0.3 is 0 Å². The van der Waals surface area contributed by atoms with Gasteiger partial charge in [0.25, 0.3) is 0 Å². The smallest absolute Gasteiger partial charge is 0.0657 e. The third-order valence-corrected chi connectivity index (χ3v) is 4.31. The summed E-state index contributed by atoms with van der Waals surface area (Å²) in [6, 6.07) is 2.37. The molecule has 1 aromatic heterocycles. The Bertz CT molecular complexity index is 360. The lowest BCUT2D eigenvalue weighted by Crippen LogP contribution is -2.34. The van der Waals surface area contributed by atoms with Gasteiger partial charge in [0.05, 0.1) is 11.7 Å². The average molecular weight is 250 g/mol. The fourth-order valence-corrected chi connectivity index (χ4v) is 3.26. The molecule has 0 saturated heterocycles. The summed E-state index contributed by atoms with van der Waals surface area (Å²) in [4.78, 5) is 0. The number of nitrogens with one attached hydrogen (secondary N) is 1. The van der Waals surface area contributed by atoms with Gasteiger partial charge in [-0.05, 0) is 37.2 Å². The number of nitrogens with two attached hydrogens (primary N) is 1. The first kappa shape index (κ1) is 13.6. The number of hydrogen-bond donors (Lipinski definition) is 2. The second-order valence-electron chi connectivity index (χ2n) is 5.47. The highest BCUT2D eigenvalue weighted by Gasteiger charge is 2.31. The fraction of sp³-hybridized carbons (Fsp3) is 0.786. The van der Waals surface area contributed by atoms with Crippen LogP contribution in [-0.4, -0.2) is 9.78 Å². The zero-order chi connectivity index (χ0) is 13.0. The molecule has 1 fully saturated rings. The van der Waals surface area contributed by atoms with E-state index in [1.807, 2.05) is 6.20 Å². The van der Waals surface area contributed by atoms with Crippen molar-refractivity contribution in [3.8, 4) is 0 Å². The second kappa shape index (κ2) is 6.34. The summed E-state index contributed by atoms with van der Waals surface area (Å²) >= 11 is 0. The summed E-state index contributed by atoms with van der Waals surface area (Å²) in [5.74, 6) is 7.35. The largest absolute Gasteiger partial charge is 0.271 e. The Hall–Kier alpha value is -0.870. The summed E-state index contributed by atoms with van der Waals surface area (Å²) in [6.45, 7) is 5.45. The van der Waals surface area contributed by atoms with Crippen molar-refractivity contribution in [3.05, 3.63) is 18.0 Å². The van der Waals surface area contributed by atoms with Gasteiger partial charge in [-0.3, -0.25) is 16.0 Å². The molecule has 4 heteroatoms. The van der Waals surface area contributed by atoms with Gasteiger partial charge in [0.15, 0.2) is 0 Å². The summed E-state index contributed by atoms with van der Waals surface area (Å²) in [7, 11) is 0. The molecule has 1 heterocycles. The molecule has 1 saturated carbocycles. The highest BCUT2D eigenvalue weighted by atomic mass is 15.3. The number of rotatable bonds is 6. The predicted octanol–water partition coefficient (Wildman–Crippen LogP) is 2.62. The van der Waals surface area contributed by atoms with Crippen molar-refractivity contribution in [2.75, 3.05) is 0 Å². The molecule has 0 spiro atoms. The number of hydrogen-bond acceptors (Lipinski definition) is 3. The number of aromatic nitrogens is 2. The molecule has 1 aliphatic carbocycles. The van der Waals surface area contributed by atoms with Crippen molar-refractivity contribution in [2.45, 2.75) is 58.5 Å². The van der Waals surface area contributed by atoms with Crippen LogP contribution in [0.1, 0.15) is 57.7 Å². The van der Waals surface area contributed by atoms with Crippen LogP contribution in [0.4, 0.5) is 0 Å². The predicted molar refractivity (Wildman–Crippen MR) is 73.7 cm³/mol. The SMILES string of the molecule is CCCn1nccc1C(NN)C1CCC(CC)C1. The summed E-state index contributed by atoms with van der Waals surface area (Å²) in [5, 5.41) is 4.41. The topological polar surface area (TPSA) is 55.9 Å². The Morgan fingerprint density at radius 2 is 2.33 bits per heavy atom. The van der Waals surface area contributed by atoms with E-state index >= 15 is 0 Å². The fourth-order valence-electron chi connectivity index (χ4n) is 3.26. The van der Waals surface area contributed by atoms with Gasteiger partial charge in [0.1, 0.15) is 0 Å². The van der Waals surface area contributed by atoms with Gasteiger partial charge in [-0.25, -0.2) is 0 Å². The van der Waals surface area contributed by atoms with Crippen molar-refractivity contribution in [1.29, 1.82) is 0 Å². The maximum absolute atomic E-state index is 5.80. The first-order valence-electron chi connectivity index (χ1n) is 7.27. The van der Waals surface area contributed by atoms with E-state index in [0.29, 0.717) is 5.92 Å². The van der Waals surface area contributed by atoms with Crippen molar-refractivity contribution in [2.24, 2.45) is 17.7 Å². The molecule has 4 nitrogen and oxygen atoms in total. The Kier molecular flexibility index (Phi) is 4.78.